The van der Waals surface area contributed by atoms with Gasteiger partial charge in [0.05, 0.1) is 16.2 Å². The fourth-order valence-corrected chi connectivity index (χ4v) is 3.35. The molecule has 0 unspecified atom stereocenters. The summed E-state index contributed by atoms with van der Waals surface area (Å²) in [5.74, 6) is -0.649. The zero-order valence-electron chi connectivity index (χ0n) is 14.6. The van der Waals surface area contributed by atoms with Gasteiger partial charge in [-0.15, -0.1) is 0 Å². The van der Waals surface area contributed by atoms with Gasteiger partial charge in [-0.2, -0.15) is 0 Å². The standard InChI is InChI=1S/C19H22N4O3/c1-13-3-2-4-15(11-13)21-14-7-9-22(10-8-14)18-6-5-16(23(25)26)12-17(18)19(20)24/h2-6,11-12,14,21H,7-10H2,1H3,(H2,20,24). The fourth-order valence-electron chi connectivity index (χ4n) is 3.35. The van der Waals surface area contributed by atoms with Crippen molar-refractivity contribution in [2.24, 2.45) is 5.73 Å². The van der Waals surface area contributed by atoms with Crippen LogP contribution in [-0.4, -0.2) is 30.0 Å². The predicted molar refractivity (Wildman–Crippen MR) is 102 cm³/mol. The van der Waals surface area contributed by atoms with Crippen LogP contribution in [0.1, 0.15) is 28.8 Å². The first-order valence-corrected chi connectivity index (χ1v) is 8.60. The van der Waals surface area contributed by atoms with E-state index in [2.05, 4.69) is 35.3 Å². The number of non-ortho nitro benzene ring substituents is 1. The summed E-state index contributed by atoms with van der Waals surface area (Å²) in [6.07, 6.45) is 1.81. The maximum absolute atomic E-state index is 11.7. The third-order valence-electron chi connectivity index (χ3n) is 4.68. The number of hydrogen-bond acceptors (Lipinski definition) is 5. The van der Waals surface area contributed by atoms with Crippen LogP contribution in [0.25, 0.3) is 0 Å². The second-order valence-electron chi connectivity index (χ2n) is 6.60. The Morgan fingerprint density at radius 3 is 2.58 bits per heavy atom. The Balaban J connectivity index is 1.69. The Labute approximate surface area is 152 Å². The summed E-state index contributed by atoms with van der Waals surface area (Å²) in [6.45, 7) is 3.57. The molecule has 3 rings (SSSR count). The van der Waals surface area contributed by atoms with Crippen LogP contribution in [0.3, 0.4) is 0 Å². The average molecular weight is 354 g/mol. The lowest BCUT2D eigenvalue weighted by molar-refractivity contribution is -0.384. The van der Waals surface area contributed by atoms with Crippen molar-refractivity contribution in [3.8, 4) is 0 Å². The van der Waals surface area contributed by atoms with Crippen LogP contribution >= 0.6 is 0 Å². The Kier molecular flexibility index (Phi) is 5.06. The Morgan fingerprint density at radius 1 is 1.23 bits per heavy atom. The molecule has 2 aromatic rings. The Bertz CT molecular complexity index is 829. The van der Waals surface area contributed by atoms with Gasteiger partial charge in [0.1, 0.15) is 0 Å². The van der Waals surface area contributed by atoms with Crippen LogP contribution in [-0.2, 0) is 0 Å². The van der Waals surface area contributed by atoms with Crippen LogP contribution in [0.4, 0.5) is 17.1 Å². The normalized spacial score (nSPS) is 14.9. The van der Waals surface area contributed by atoms with Crippen molar-refractivity contribution in [2.45, 2.75) is 25.8 Å². The Hall–Kier alpha value is -3.09. The molecule has 0 spiro atoms. The minimum Gasteiger partial charge on any atom is -0.382 e. The van der Waals surface area contributed by atoms with E-state index in [0.29, 0.717) is 11.7 Å². The maximum atomic E-state index is 11.7. The molecule has 1 fully saturated rings. The molecule has 7 heteroatoms. The van der Waals surface area contributed by atoms with Gasteiger partial charge in [-0.3, -0.25) is 14.9 Å². The van der Waals surface area contributed by atoms with E-state index in [1.54, 1.807) is 6.07 Å². The number of nitro benzene ring substituents is 1. The highest BCUT2D eigenvalue weighted by atomic mass is 16.6. The second kappa shape index (κ2) is 7.43. The molecule has 1 aliphatic heterocycles. The molecule has 0 atom stereocenters. The molecule has 0 bridgehead atoms. The number of benzene rings is 2. The number of aryl methyl sites for hydroxylation is 1. The summed E-state index contributed by atoms with van der Waals surface area (Å²) < 4.78 is 0. The van der Waals surface area contributed by atoms with E-state index >= 15 is 0 Å². The maximum Gasteiger partial charge on any atom is 0.270 e. The van der Waals surface area contributed by atoms with Crippen molar-refractivity contribution in [3.05, 3.63) is 63.7 Å². The summed E-state index contributed by atoms with van der Waals surface area (Å²) in [6, 6.07) is 12.9. The van der Waals surface area contributed by atoms with E-state index < -0.39 is 10.8 Å². The minimum atomic E-state index is -0.649. The molecule has 7 nitrogen and oxygen atoms in total. The minimum absolute atomic E-state index is 0.126. The van der Waals surface area contributed by atoms with Gasteiger partial charge in [-0.05, 0) is 43.5 Å². The van der Waals surface area contributed by atoms with Crippen LogP contribution in [0.5, 0.6) is 0 Å². The molecular weight excluding hydrogens is 332 g/mol. The third-order valence-corrected chi connectivity index (χ3v) is 4.68. The van der Waals surface area contributed by atoms with Crippen molar-refractivity contribution in [2.75, 3.05) is 23.3 Å². The molecule has 0 aromatic heterocycles. The SMILES string of the molecule is Cc1cccc(NC2CCN(c3ccc([N+](=O)[O-])cc3C(N)=O)CC2)c1. The monoisotopic (exact) mass is 354 g/mol. The van der Waals surface area contributed by atoms with Crippen LogP contribution in [0.2, 0.25) is 0 Å². The molecule has 3 N–H and O–H groups in total. The summed E-state index contributed by atoms with van der Waals surface area (Å²) >= 11 is 0. The molecule has 0 aliphatic carbocycles. The van der Waals surface area contributed by atoms with Crippen molar-refractivity contribution < 1.29 is 9.72 Å². The number of nitrogens with two attached hydrogens (primary N) is 1. The number of piperidine rings is 1. The van der Waals surface area contributed by atoms with Gasteiger partial charge in [0.25, 0.3) is 11.6 Å². The number of nitrogens with one attached hydrogen (secondary N) is 1. The quantitative estimate of drug-likeness (QED) is 0.635. The van der Waals surface area contributed by atoms with Crippen molar-refractivity contribution in [3.63, 3.8) is 0 Å². The van der Waals surface area contributed by atoms with Crippen molar-refractivity contribution in [1.82, 2.24) is 0 Å². The molecule has 1 aliphatic rings. The zero-order valence-corrected chi connectivity index (χ0v) is 14.6. The number of nitrogens with zero attached hydrogens (tertiary/aromatic N) is 2. The van der Waals surface area contributed by atoms with Crippen LogP contribution in [0.15, 0.2) is 42.5 Å². The van der Waals surface area contributed by atoms with Crippen molar-refractivity contribution in [1.29, 1.82) is 0 Å². The van der Waals surface area contributed by atoms with Gasteiger partial charge < -0.3 is 16.0 Å². The van der Waals surface area contributed by atoms with Gasteiger partial charge in [0.2, 0.25) is 0 Å². The molecule has 1 heterocycles. The number of carbonyl (C=O) groups is 1. The van der Waals surface area contributed by atoms with Gasteiger partial charge in [-0.1, -0.05) is 12.1 Å². The third kappa shape index (κ3) is 3.93. The smallest absolute Gasteiger partial charge is 0.270 e. The molecule has 0 saturated carbocycles. The summed E-state index contributed by atoms with van der Waals surface area (Å²) in [5, 5.41) is 14.5. The number of primary amides is 1. The number of carbonyl (C=O) groups excluding carboxylic acids is 1. The largest absolute Gasteiger partial charge is 0.382 e. The molecular formula is C19H22N4O3. The van der Waals surface area contributed by atoms with Gasteiger partial charge in [0, 0.05) is 37.0 Å². The van der Waals surface area contributed by atoms with Gasteiger partial charge >= 0.3 is 0 Å². The van der Waals surface area contributed by atoms with Gasteiger partial charge in [0.15, 0.2) is 0 Å². The lowest BCUT2D eigenvalue weighted by Crippen LogP contribution is -2.40. The van der Waals surface area contributed by atoms with E-state index in [1.165, 1.54) is 17.7 Å². The van der Waals surface area contributed by atoms with Crippen molar-refractivity contribution >= 4 is 23.0 Å². The average Bonchev–Trinajstić information content (AvgIpc) is 2.62. The number of rotatable bonds is 5. The molecule has 136 valence electrons. The molecule has 2 aromatic carbocycles. The first kappa shape index (κ1) is 17.7. The van der Waals surface area contributed by atoms with E-state index in [4.69, 9.17) is 5.73 Å². The highest BCUT2D eigenvalue weighted by molar-refractivity contribution is 5.99. The van der Waals surface area contributed by atoms with Gasteiger partial charge in [-0.25, -0.2) is 0 Å². The summed E-state index contributed by atoms with van der Waals surface area (Å²) in [5.41, 5.74) is 8.49. The number of amides is 1. The number of hydrogen-bond donors (Lipinski definition) is 2. The summed E-state index contributed by atoms with van der Waals surface area (Å²) in [7, 11) is 0. The van der Waals surface area contributed by atoms with E-state index in [0.717, 1.165) is 31.6 Å². The first-order valence-electron chi connectivity index (χ1n) is 8.60. The van der Waals surface area contributed by atoms with Crippen LogP contribution < -0.4 is 16.0 Å². The fraction of sp³-hybridized carbons (Fsp3) is 0.316. The first-order chi connectivity index (χ1) is 12.4. The van der Waals surface area contributed by atoms with E-state index in [-0.39, 0.29) is 11.3 Å². The number of nitro groups is 1. The molecule has 26 heavy (non-hydrogen) atoms. The zero-order chi connectivity index (χ0) is 18.7. The predicted octanol–water partition coefficient (Wildman–Crippen LogP) is 3.08. The molecule has 1 saturated heterocycles. The highest BCUT2D eigenvalue weighted by Gasteiger charge is 2.24. The topological polar surface area (TPSA) is 102 Å². The molecule has 0 radical (unpaired) electrons. The summed E-state index contributed by atoms with van der Waals surface area (Å²) in [4.78, 5) is 24.2. The second-order valence-corrected chi connectivity index (χ2v) is 6.60. The lowest BCUT2D eigenvalue weighted by Gasteiger charge is -2.35. The molecule has 1 amide bonds. The van der Waals surface area contributed by atoms with Crippen LogP contribution in [0, 0.1) is 17.0 Å². The Morgan fingerprint density at radius 2 is 1.96 bits per heavy atom. The number of anilines is 2. The highest BCUT2D eigenvalue weighted by Crippen LogP contribution is 2.28. The lowest BCUT2D eigenvalue weighted by atomic mass is 10.0. The van der Waals surface area contributed by atoms with E-state index in [1.807, 2.05) is 6.07 Å². The van der Waals surface area contributed by atoms with E-state index in [9.17, 15) is 14.9 Å².